The highest BCUT2D eigenvalue weighted by molar-refractivity contribution is 5.99. The van der Waals surface area contributed by atoms with E-state index < -0.39 is 0 Å². The minimum absolute atomic E-state index is 0.0565. The van der Waals surface area contributed by atoms with Gasteiger partial charge < -0.3 is 19.5 Å². The van der Waals surface area contributed by atoms with Gasteiger partial charge in [-0.05, 0) is 74.1 Å². The predicted octanol–water partition coefficient (Wildman–Crippen LogP) is 3.84. The zero-order valence-corrected chi connectivity index (χ0v) is 20.2. The van der Waals surface area contributed by atoms with Crippen LogP contribution in [0.2, 0.25) is 0 Å². The highest BCUT2D eigenvalue weighted by Gasteiger charge is 2.33. The molecule has 1 aromatic carbocycles. The lowest BCUT2D eigenvalue weighted by molar-refractivity contribution is -0.121. The number of carbonyl (C=O) groups excluding carboxylic acids is 2. The number of aromatic nitrogens is 1. The zero-order valence-electron chi connectivity index (χ0n) is 20.2. The van der Waals surface area contributed by atoms with Crippen LogP contribution in [0.1, 0.15) is 67.6 Å². The van der Waals surface area contributed by atoms with Gasteiger partial charge in [0.25, 0.3) is 5.91 Å². The van der Waals surface area contributed by atoms with Crippen molar-refractivity contribution in [2.45, 2.75) is 70.9 Å². The van der Waals surface area contributed by atoms with Gasteiger partial charge in [-0.15, -0.1) is 0 Å². The first kappa shape index (κ1) is 22.5. The van der Waals surface area contributed by atoms with Gasteiger partial charge in [-0.2, -0.15) is 0 Å². The number of hydrogen-bond acceptors (Lipinski definition) is 3. The fraction of sp³-hybridized carbons (Fsp3) is 0.630. The lowest BCUT2D eigenvalue weighted by Gasteiger charge is -2.33. The Bertz CT molecular complexity index is 1050. The zero-order chi connectivity index (χ0) is 23.1. The van der Waals surface area contributed by atoms with E-state index in [-0.39, 0.29) is 17.9 Å². The predicted molar refractivity (Wildman–Crippen MR) is 129 cm³/mol. The van der Waals surface area contributed by atoms with Gasteiger partial charge in [0.15, 0.2) is 0 Å². The van der Waals surface area contributed by atoms with Crippen molar-refractivity contribution >= 4 is 22.7 Å². The van der Waals surface area contributed by atoms with Crippen molar-refractivity contribution in [2.75, 3.05) is 19.7 Å². The van der Waals surface area contributed by atoms with Gasteiger partial charge in [-0.25, -0.2) is 0 Å². The van der Waals surface area contributed by atoms with Crippen LogP contribution in [0.3, 0.4) is 0 Å². The molecule has 3 heterocycles. The summed E-state index contributed by atoms with van der Waals surface area (Å²) in [5, 5.41) is 4.31. The quantitative estimate of drug-likeness (QED) is 0.679. The van der Waals surface area contributed by atoms with Gasteiger partial charge >= 0.3 is 0 Å². The third-order valence-electron chi connectivity index (χ3n) is 8.14. The summed E-state index contributed by atoms with van der Waals surface area (Å²) in [4.78, 5) is 27.2. The third-order valence-corrected chi connectivity index (χ3v) is 8.14. The molecule has 33 heavy (non-hydrogen) atoms. The summed E-state index contributed by atoms with van der Waals surface area (Å²) >= 11 is 0. The van der Waals surface area contributed by atoms with E-state index in [2.05, 4.69) is 36.0 Å². The molecule has 4 atom stereocenters. The van der Waals surface area contributed by atoms with E-state index >= 15 is 0 Å². The van der Waals surface area contributed by atoms with Crippen LogP contribution >= 0.6 is 0 Å². The maximum atomic E-state index is 13.4. The van der Waals surface area contributed by atoms with Crippen LogP contribution in [0.4, 0.5) is 0 Å². The van der Waals surface area contributed by atoms with Crippen molar-refractivity contribution in [3.8, 4) is 0 Å². The first-order valence-electron chi connectivity index (χ1n) is 12.7. The molecule has 2 saturated heterocycles. The lowest BCUT2D eigenvalue weighted by Crippen LogP contribution is -2.49. The summed E-state index contributed by atoms with van der Waals surface area (Å²) in [7, 11) is 2.16. The number of nitrogens with one attached hydrogen (secondary N) is 1. The summed E-state index contributed by atoms with van der Waals surface area (Å²) in [5.41, 5.74) is 4.86. The Balaban J connectivity index is 1.37. The molecule has 1 aromatic heterocycles. The molecule has 5 rings (SSSR count). The summed E-state index contributed by atoms with van der Waals surface area (Å²) in [6.07, 6.45) is 7.42. The average Bonchev–Trinajstić information content (AvgIpc) is 3.61. The Kier molecular flexibility index (Phi) is 6.21. The standard InChI is InChI=1S/C27H37N3O3/c1-4-26(31)28-20-6-5-11-30(15-20)27(32)19-8-10-25-23(14-19)22-13-18(7-9-24(22)29(25)3)17(2)12-21-16-33-21/h8,10,14,17-18,20-21H,4-7,9,11-13,15-16H2,1-3H3,(H,28,31). The molecule has 2 amide bonds. The van der Waals surface area contributed by atoms with Crippen LogP contribution in [0, 0.1) is 11.8 Å². The van der Waals surface area contributed by atoms with Crippen LogP contribution in [0.15, 0.2) is 18.2 Å². The minimum atomic E-state index is 0.0565. The molecule has 2 aliphatic heterocycles. The second-order valence-electron chi connectivity index (χ2n) is 10.4. The van der Waals surface area contributed by atoms with Crippen molar-refractivity contribution in [1.82, 2.24) is 14.8 Å². The maximum absolute atomic E-state index is 13.4. The van der Waals surface area contributed by atoms with Crippen molar-refractivity contribution in [3.63, 3.8) is 0 Å². The summed E-state index contributed by atoms with van der Waals surface area (Å²) < 4.78 is 7.81. The topological polar surface area (TPSA) is 66.9 Å². The average molecular weight is 452 g/mol. The van der Waals surface area contributed by atoms with Crippen LogP contribution in [0.5, 0.6) is 0 Å². The highest BCUT2D eigenvalue weighted by atomic mass is 16.6. The largest absolute Gasteiger partial charge is 0.373 e. The molecule has 2 aromatic rings. The fourth-order valence-corrected chi connectivity index (χ4v) is 6.03. The van der Waals surface area contributed by atoms with Crippen molar-refractivity contribution in [3.05, 3.63) is 35.0 Å². The van der Waals surface area contributed by atoms with Crippen molar-refractivity contribution in [2.24, 2.45) is 18.9 Å². The van der Waals surface area contributed by atoms with E-state index in [9.17, 15) is 9.59 Å². The van der Waals surface area contributed by atoms with Gasteiger partial charge in [-0.1, -0.05) is 13.8 Å². The molecule has 2 fully saturated rings. The third kappa shape index (κ3) is 4.54. The normalized spacial score (nSPS) is 25.5. The number of aryl methyl sites for hydroxylation is 1. The van der Waals surface area contributed by atoms with Crippen LogP contribution < -0.4 is 5.32 Å². The Morgan fingerprint density at radius 3 is 2.85 bits per heavy atom. The molecule has 0 spiro atoms. The van der Waals surface area contributed by atoms with Crippen LogP contribution in [0.25, 0.3) is 10.9 Å². The van der Waals surface area contributed by atoms with E-state index in [1.807, 2.05) is 17.9 Å². The lowest BCUT2D eigenvalue weighted by atomic mass is 9.77. The second kappa shape index (κ2) is 9.13. The number of fused-ring (bicyclic) bond motifs is 3. The molecule has 0 radical (unpaired) electrons. The van der Waals surface area contributed by atoms with Gasteiger partial charge in [0, 0.05) is 54.8 Å². The number of hydrogen-bond donors (Lipinski definition) is 1. The molecule has 6 nitrogen and oxygen atoms in total. The number of piperidine rings is 1. The highest BCUT2D eigenvalue weighted by Crippen LogP contribution is 2.39. The fourth-order valence-electron chi connectivity index (χ4n) is 6.03. The minimum Gasteiger partial charge on any atom is -0.373 e. The van der Waals surface area contributed by atoms with E-state index in [0.29, 0.717) is 30.9 Å². The van der Waals surface area contributed by atoms with Gasteiger partial charge in [0.2, 0.25) is 5.91 Å². The number of nitrogens with zero attached hydrogens (tertiary/aromatic N) is 2. The van der Waals surface area contributed by atoms with Crippen molar-refractivity contribution in [1.29, 1.82) is 0 Å². The number of amides is 2. The Labute approximate surface area is 196 Å². The molecule has 3 aliphatic rings. The second-order valence-corrected chi connectivity index (χ2v) is 10.4. The molecule has 1 aliphatic carbocycles. The molecule has 1 N–H and O–H groups in total. The molecule has 0 bridgehead atoms. The first-order chi connectivity index (χ1) is 15.9. The molecule has 178 valence electrons. The number of carbonyl (C=O) groups is 2. The van der Waals surface area contributed by atoms with Gasteiger partial charge in [-0.3, -0.25) is 9.59 Å². The number of likely N-dealkylation sites (tertiary alicyclic amines) is 1. The van der Waals surface area contributed by atoms with Crippen molar-refractivity contribution < 1.29 is 14.3 Å². The van der Waals surface area contributed by atoms with E-state index in [1.54, 1.807) is 0 Å². The van der Waals surface area contributed by atoms with E-state index in [1.165, 1.54) is 35.0 Å². The summed E-state index contributed by atoms with van der Waals surface area (Å²) in [6, 6.07) is 6.29. The number of rotatable bonds is 6. The number of epoxide rings is 1. The molecule has 0 saturated carbocycles. The Morgan fingerprint density at radius 2 is 2.09 bits per heavy atom. The summed E-state index contributed by atoms with van der Waals surface area (Å²) in [6.45, 7) is 6.52. The maximum Gasteiger partial charge on any atom is 0.253 e. The Hall–Kier alpha value is -2.34. The van der Waals surface area contributed by atoms with Crippen LogP contribution in [-0.2, 0) is 29.4 Å². The van der Waals surface area contributed by atoms with Gasteiger partial charge in [0.1, 0.15) is 0 Å². The molecular formula is C27H37N3O3. The molecule has 6 heteroatoms. The number of ether oxygens (including phenoxy) is 1. The first-order valence-corrected chi connectivity index (χ1v) is 12.7. The number of benzene rings is 1. The van der Waals surface area contributed by atoms with E-state index in [0.717, 1.165) is 44.4 Å². The monoisotopic (exact) mass is 451 g/mol. The van der Waals surface area contributed by atoms with Crippen LogP contribution in [-0.4, -0.2) is 53.1 Å². The van der Waals surface area contributed by atoms with E-state index in [4.69, 9.17) is 4.74 Å². The Morgan fingerprint density at radius 1 is 1.27 bits per heavy atom. The SMILES string of the molecule is CCC(=O)NC1CCCN(C(=O)c2ccc3c(c2)c2c(n3C)CCC(C(C)CC3CO3)C2)C1. The molecular weight excluding hydrogens is 414 g/mol. The summed E-state index contributed by atoms with van der Waals surface area (Å²) in [5.74, 6) is 1.48. The van der Waals surface area contributed by atoms with Gasteiger partial charge in [0.05, 0.1) is 12.7 Å². The molecule has 4 unspecified atom stereocenters. The smallest absolute Gasteiger partial charge is 0.253 e.